The average Bonchev–Trinajstić information content (AvgIpc) is 2.25. The normalized spacial score (nSPS) is 26.2. The van der Waals surface area contributed by atoms with Crippen molar-refractivity contribution in [3.63, 3.8) is 0 Å². The monoisotopic (exact) mass is 164 g/mol. The highest BCUT2D eigenvalue weighted by Crippen LogP contribution is 2.44. The van der Waals surface area contributed by atoms with Crippen molar-refractivity contribution in [2.75, 3.05) is 0 Å². The fourth-order valence-electron chi connectivity index (χ4n) is 1.78. The van der Waals surface area contributed by atoms with Gasteiger partial charge in [0, 0.05) is 6.08 Å². The minimum atomic E-state index is 0.271. The molecule has 1 rings (SSSR count). The molecule has 1 unspecified atom stereocenters. The molecule has 0 aromatic heterocycles. The zero-order chi connectivity index (χ0) is 9.19. The lowest BCUT2D eigenvalue weighted by Gasteiger charge is -2.28. The van der Waals surface area contributed by atoms with Gasteiger partial charge in [0.1, 0.15) is 5.94 Å². The predicted octanol–water partition coefficient (Wildman–Crippen LogP) is 2.76. The van der Waals surface area contributed by atoms with Crippen molar-refractivity contribution >= 4 is 5.94 Å². The van der Waals surface area contributed by atoms with Crippen LogP contribution in [0.4, 0.5) is 0 Å². The summed E-state index contributed by atoms with van der Waals surface area (Å²) in [5.74, 6) is 2.45. The Hall–Kier alpha value is -0.810. The van der Waals surface area contributed by atoms with Gasteiger partial charge < -0.3 is 0 Å². The lowest BCUT2D eigenvalue weighted by molar-refractivity contribution is 0.295. The minimum absolute atomic E-state index is 0.271. The van der Waals surface area contributed by atoms with Gasteiger partial charge in [0.2, 0.25) is 0 Å². The number of allylic oxidation sites excluding steroid dienone is 3. The third-order valence-corrected chi connectivity index (χ3v) is 3.23. The van der Waals surface area contributed by atoms with E-state index in [-0.39, 0.29) is 5.41 Å². The molecule has 1 heteroatoms. The summed E-state index contributed by atoms with van der Waals surface area (Å²) in [5.41, 5.74) is 1.72. The molecule has 0 aliphatic heterocycles. The summed E-state index contributed by atoms with van der Waals surface area (Å²) >= 11 is 0. The first-order valence-electron chi connectivity index (χ1n) is 4.45. The Morgan fingerprint density at radius 3 is 2.83 bits per heavy atom. The number of hydrogen-bond acceptors (Lipinski definition) is 1. The predicted molar refractivity (Wildman–Crippen MR) is 50.5 cm³/mol. The Morgan fingerprint density at radius 2 is 2.42 bits per heavy atom. The van der Waals surface area contributed by atoms with E-state index in [0.717, 1.165) is 12.8 Å². The Kier molecular flexibility index (Phi) is 2.54. The maximum Gasteiger partial charge on any atom is 0.120 e. The molecule has 1 nitrogen and oxygen atoms in total. The van der Waals surface area contributed by atoms with Crippen molar-refractivity contribution in [2.45, 2.75) is 33.6 Å². The summed E-state index contributed by atoms with van der Waals surface area (Å²) in [6, 6.07) is 0. The Bertz CT molecular complexity index is 242. The van der Waals surface area contributed by atoms with Crippen molar-refractivity contribution in [3.8, 4) is 0 Å². The van der Waals surface area contributed by atoms with Gasteiger partial charge in [-0.15, -0.1) is 0 Å². The van der Waals surface area contributed by atoms with Crippen molar-refractivity contribution in [1.29, 1.82) is 0 Å². The van der Waals surface area contributed by atoms with Gasteiger partial charge in [0.05, 0.1) is 0 Å². The van der Waals surface area contributed by atoms with Crippen molar-refractivity contribution < 1.29 is 4.79 Å². The molecular formula is C11H16O. The van der Waals surface area contributed by atoms with E-state index >= 15 is 0 Å². The molecule has 1 atom stereocenters. The zero-order valence-corrected chi connectivity index (χ0v) is 8.05. The van der Waals surface area contributed by atoms with Crippen molar-refractivity contribution in [3.05, 3.63) is 17.7 Å². The van der Waals surface area contributed by atoms with Crippen LogP contribution in [0.1, 0.15) is 33.6 Å². The molecule has 1 aliphatic rings. The quantitative estimate of drug-likeness (QED) is 0.453. The highest BCUT2D eigenvalue weighted by molar-refractivity contribution is 5.45. The van der Waals surface area contributed by atoms with Crippen LogP contribution < -0.4 is 0 Å². The molecule has 0 N–H and O–H groups in total. The SMILES string of the molecule is CC1=CCC(CC=C=O)C1(C)C. The fraction of sp³-hybridized carbons (Fsp3) is 0.636. The lowest BCUT2D eigenvalue weighted by atomic mass is 9.76. The Morgan fingerprint density at radius 1 is 1.75 bits per heavy atom. The van der Waals surface area contributed by atoms with Gasteiger partial charge in [-0.1, -0.05) is 25.5 Å². The van der Waals surface area contributed by atoms with E-state index in [1.54, 1.807) is 6.08 Å². The molecule has 0 heterocycles. The molecule has 0 saturated heterocycles. The summed E-state index contributed by atoms with van der Waals surface area (Å²) in [6.45, 7) is 6.66. The minimum Gasteiger partial charge on any atom is -0.234 e. The Balaban J connectivity index is 2.67. The molecule has 12 heavy (non-hydrogen) atoms. The standard InChI is InChI=1S/C11H16O/c1-9-6-7-10(5-4-8-12)11(9,2)3/h4,6,10H,5,7H2,1-3H3. The van der Waals surface area contributed by atoms with Crippen LogP contribution in [0.15, 0.2) is 17.7 Å². The number of rotatable bonds is 2. The first-order valence-corrected chi connectivity index (χ1v) is 4.45. The average molecular weight is 164 g/mol. The number of hydrogen-bond donors (Lipinski definition) is 0. The van der Waals surface area contributed by atoms with E-state index in [1.807, 2.05) is 5.94 Å². The summed E-state index contributed by atoms with van der Waals surface area (Å²) < 4.78 is 0. The smallest absolute Gasteiger partial charge is 0.120 e. The first-order chi connectivity index (χ1) is 5.59. The molecule has 0 bridgehead atoms. The molecule has 66 valence electrons. The van der Waals surface area contributed by atoms with Crippen LogP contribution in [-0.4, -0.2) is 5.94 Å². The van der Waals surface area contributed by atoms with Crippen molar-refractivity contribution in [2.24, 2.45) is 11.3 Å². The maximum atomic E-state index is 10.1. The van der Waals surface area contributed by atoms with E-state index in [4.69, 9.17) is 0 Å². The van der Waals surface area contributed by atoms with Crippen LogP contribution in [-0.2, 0) is 4.79 Å². The van der Waals surface area contributed by atoms with E-state index in [0.29, 0.717) is 5.92 Å². The molecule has 0 spiro atoms. The van der Waals surface area contributed by atoms with Gasteiger partial charge in [-0.05, 0) is 31.1 Å². The van der Waals surface area contributed by atoms with Gasteiger partial charge in [-0.3, -0.25) is 0 Å². The molecule has 1 aliphatic carbocycles. The van der Waals surface area contributed by atoms with E-state index in [2.05, 4.69) is 26.8 Å². The lowest BCUT2D eigenvalue weighted by Crippen LogP contribution is -2.19. The summed E-state index contributed by atoms with van der Waals surface area (Å²) in [5, 5.41) is 0. The highest BCUT2D eigenvalue weighted by atomic mass is 16.1. The molecule has 0 fully saturated rings. The Labute approximate surface area is 74.2 Å². The second-order valence-electron chi connectivity index (χ2n) is 4.10. The maximum absolute atomic E-state index is 10.1. The van der Waals surface area contributed by atoms with Crippen LogP contribution in [0.5, 0.6) is 0 Å². The van der Waals surface area contributed by atoms with Gasteiger partial charge >= 0.3 is 0 Å². The molecule has 0 saturated carbocycles. The number of carbonyl (C=O) groups excluding carboxylic acids is 1. The van der Waals surface area contributed by atoms with Crippen LogP contribution in [0.2, 0.25) is 0 Å². The van der Waals surface area contributed by atoms with Gasteiger partial charge in [-0.25, -0.2) is 4.79 Å². The summed E-state index contributed by atoms with van der Waals surface area (Å²) in [4.78, 5) is 10.1. The highest BCUT2D eigenvalue weighted by Gasteiger charge is 2.33. The van der Waals surface area contributed by atoms with Gasteiger partial charge in [-0.2, -0.15) is 0 Å². The van der Waals surface area contributed by atoms with Crippen LogP contribution in [0, 0.1) is 11.3 Å². The zero-order valence-electron chi connectivity index (χ0n) is 8.05. The van der Waals surface area contributed by atoms with E-state index < -0.39 is 0 Å². The summed E-state index contributed by atoms with van der Waals surface area (Å²) in [7, 11) is 0. The van der Waals surface area contributed by atoms with E-state index in [1.165, 1.54) is 5.57 Å². The van der Waals surface area contributed by atoms with Crippen LogP contribution >= 0.6 is 0 Å². The molecule has 0 aromatic carbocycles. The molecular weight excluding hydrogens is 148 g/mol. The summed E-state index contributed by atoms with van der Waals surface area (Å²) in [6.07, 6.45) is 5.86. The topological polar surface area (TPSA) is 17.1 Å². The van der Waals surface area contributed by atoms with Crippen LogP contribution in [0.25, 0.3) is 0 Å². The second kappa shape index (κ2) is 3.28. The largest absolute Gasteiger partial charge is 0.234 e. The third-order valence-electron chi connectivity index (χ3n) is 3.23. The van der Waals surface area contributed by atoms with Gasteiger partial charge in [0.15, 0.2) is 0 Å². The fourth-order valence-corrected chi connectivity index (χ4v) is 1.78. The second-order valence-corrected chi connectivity index (χ2v) is 4.10. The van der Waals surface area contributed by atoms with Crippen LogP contribution in [0.3, 0.4) is 0 Å². The third kappa shape index (κ3) is 1.51. The molecule has 0 amide bonds. The molecule has 0 radical (unpaired) electrons. The van der Waals surface area contributed by atoms with Gasteiger partial charge in [0.25, 0.3) is 0 Å². The first kappa shape index (κ1) is 9.28. The van der Waals surface area contributed by atoms with Crippen molar-refractivity contribution in [1.82, 2.24) is 0 Å². The van der Waals surface area contributed by atoms with E-state index in [9.17, 15) is 4.79 Å². The molecule has 0 aromatic rings.